The third-order valence-electron chi connectivity index (χ3n) is 2.02. The summed E-state index contributed by atoms with van der Waals surface area (Å²) in [5, 5.41) is 8.86. The predicted octanol–water partition coefficient (Wildman–Crippen LogP) is 2.07. The van der Waals surface area contributed by atoms with Gasteiger partial charge in [0.1, 0.15) is 11.5 Å². The molecule has 1 heterocycles. The first-order valence-electron chi connectivity index (χ1n) is 4.30. The highest BCUT2D eigenvalue weighted by Crippen LogP contribution is 2.17. The van der Waals surface area contributed by atoms with Crippen molar-refractivity contribution in [3.63, 3.8) is 0 Å². The van der Waals surface area contributed by atoms with Gasteiger partial charge < -0.3 is 9.52 Å². The first kappa shape index (κ1) is 9.33. The number of furan rings is 1. The Morgan fingerprint density at radius 2 is 2.17 bits per heavy atom. The molecule has 0 spiro atoms. The van der Waals surface area contributed by atoms with Crippen LogP contribution in [-0.4, -0.2) is 11.7 Å². The maximum atomic E-state index is 8.86. The van der Waals surface area contributed by atoms with E-state index < -0.39 is 0 Å². The zero-order valence-corrected chi connectivity index (χ0v) is 7.92. The third kappa shape index (κ3) is 2.11. The van der Waals surface area contributed by atoms with Crippen molar-refractivity contribution in [1.82, 2.24) is 0 Å². The van der Waals surface area contributed by atoms with Crippen molar-refractivity contribution in [2.24, 2.45) is 5.92 Å². The molecule has 0 aromatic carbocycles. The summed E-state index contributed by atoms with van der Waals surface area (Å²) in [4.78, 5) is 0. The molecule has 0 fully saturated rings. The molecule has 1 atom stereocenters. The van der Waals surface area contributed by atoms with Gasteiger partial charge in [-0.3, -0.25) is 0 Å². The molecular formula is C10H16O2. The second-order valence-electron chi connectivity index (χ2n) is 3.43. The summed E-state index contributed by atoms with van der Waals surface area (Å²) in [6, 6.07) is 2.04. The quantitative estimate of drug-likeness (QED) is 0.749. The van der Waals surface area contributed by atoms with Crippen molar-refractivity contribution in [2.45, 2.75) is 27.2 Å². The molecule has 0 aliphatic heterocycles. The number of aryl methyl sites for hydroxylation is 2. The van der Waals surface area contributed by atoms with E-state index in [1.807, 2.05) is 26.8 Å². The Morgan fingerprint density at radius 1 is 1.50 bits per heavy atom. The molecule has 68 valence electrons. The monoisotopic (exact) mass is 168 g/mol. The summed E-state index contributed by atoms with van der Waals surface area (Å²) < 4.78 is 5.38. The molecule has 2 heteroatoms. The van der Waals surface area contributed by atoms with E-state index in [0.29, 0.717) is 5.92 Å². The Morgan fingerprint density at radius 3 is 2.58 bits per heavy atom. The van der Waals surface area contributed by atoms with Gasteiger partial charge in [-0.25, -0.2) is 0 Å². The van der Waals surface area contributed by atoms with Crippen LogP contribution in [0.1, 0.15) is 24.0 Å². The Hall–Kier alpha value is -0.760. The van der Waals surface area contributed by atoms with Crippen molar-refractivity contribution in [3.8, 4) is 0 Å². The van der Waals surface area contributed by atoms with E-state index in [1.165, 1.54) is 5.56 Å². The second kappa shape index (κ2) is 3.76. The van der Waals surface area contributed by atoms with Gasteiger partial charge in [-0.1, -0.05) is 6.92 Å². The summed E-state index contributed by atoms with van der Waals surface area (Å²) in [7, 11) is 0. The Balaban J connectivity index is 2.68. The Labute approximate surface area is 73.2 Å². The van der Waals surface area contributed by atoms with Gasteiger partial charge in [-0.15, -0.1) is 0 Å². The summed E-state index contributed by atoms with van der Waals surface area (Å²) in [5.74, 6) is 2.25. The molecule has 0 aliphatic carbocycles. The van der Waals surface area contributed by atoms with Crippen LogP contribution < -0.4 is 0 Å². The summed E-state index contributed by atoms with van der Waals surface area (Å²) in [5.41, 5.74) is 1.22. The molecule has 12 heavy (non-hydrogen) atoms. The second-order valence-corrected chi connectivity index (χ2v) is 3.43. The SMILES string of the molecule is Cc1cc(CC(C)CO)c(C)o1. The minimum absolute atomic E-state index is 0.240. The summed E-state index contributed by atoms with van der Waals surface area (Å²) in [6.45, 7) is 6.18. The van der Waals surface area contributed by atoms with Crippen molar-refractivity contribution < 1.29 is 9.52 Å². The van der Waals surface area contributed by atoms with Crippen LogP contribution in [0, 0.1) is 19.8 Å². The van der Waals surface area contributed by atoms with Gasteiger partial charge >= 0.3 is 0 Å². The van der Waals surface area contributed by atoms with Crippen molar-refractivity contribution in [2.75, 3.05) is 6.61 Å². The molecule has 1 unspecified atom stereocenters. The molecule has 1 rings (SSSR count). The van der Waals surface area contributed by atoms with E-state index in [4.69, 9.17) is 9.52 Å². The average Bonchev–Trinajstić information content (AvgIpc) is 2.30. The lowest BCUT2D eigenvalue weighted by Crippen LogP contribution is -2.04. The molecule has 0 radical (unpaired) electrons. The van der Waals surface area contributed by atoms with Crippen LogP contribution in [0.25, 0.3) is 0 Å². The van der Waals surface area contributed by atoms with E-state index >= 15 is 0 Å². The van der Waals surface area contributed by atoms with Gasteiger partial charge in [0, 0.05) is 6.61 Å². The van der Waals surface area contributed by atoms with Gasteiger partial charge in [0.15, 0.2) is 0 Å². The number of hydrogen-bond donors (Lipinski definition) is 1. The zero-order valence-electron chi connectivity index (χ0n) is 7.92. The molecule has 0 saturated heterocycles. The van der Waals surface area contributed by atoms with E-state index in [-0.39, 0.29) is 6.61 Å². The van der Waals surface area contributed by atoms with Gasteiger partial charge in [-0.2, -0.15) is 0 Å². The fourth-order valence-corrected chi connectivity index (χ4v) is 1.33. The summed E-state index contributed by atoms with van der Waals surface area (Å²) >= 11 is 0. The first-order valence-corrected chi connectivity index (χ1v) is 4.30. The van der Waals surface area contributed by atoms with Crippen LogP contribution in [0.3, 0.4) is 0 Å². The maximum absolute atomic E-state index is 8.86. The molecular weight excluding hydrogens is 152 g/mol. The number of aliphatic hydroxyl groups is 1. The highest BCUT2D eigenvalue weighted by atomic mass is 16.3. The zero-order chi connectivity index (χ0) is 9.14. The minimum atomic E-state index is 0.240. The molecule has 1 aromatic heterocycles. The predicted molar refractivity (Wildman–Crippen MR) is 48.1 cm³/mol. The normalized spacial score (nSPS) is 13.3. The standard InChI is InChI=1S/C10H16O2/c1-7(6-11)4-10-5-8(2)12-9(10)3/h5,7,11H,4,6H2,1-3H3. The van der Waals surface area contributed by atoms with Gasteiger partial charge in [-0.05, 0) is 37.8 Å². The fourth-order valence-electron chi connectivity index (χ4n) is 1.33. The van der Waals surface area contributed by atoms with Gasteiger partial charge in [0.2, 0.25) is 0 Å². The molecule has 2 nitrogen and oxygen atoms in total. The van der Waals surface area contributed by atoms with Crippen LogP contribution >= 0.6 is 0 Å². The van der Waals surface area contributed by atoms with Crippen LogP contribution in [0.2, 0.25) is 0 Å². The van der Waals surface area contributed by atoms with Crippen LogP contribution in [-0.2, 0) is 6.42 Å². The first-order chi connectivity index (χ1) is 5.63. The molecule has 0 aliphatic rings. The van der Waals surface area contributed by atoms with Crippen molar-refractivity contribution >= 4 is 0 Å². The van der Waals surface area contributed by atoms with Crippen LogP contribution in [0.15, 0.2) is 10.5 Å². The largest absolute Gasteiger partial charge is 0.466 e. The highest BCUT2D eigenvalue weighted by Gasteiger charge is 2.08. The van der Waals surface area contributed by atoms with E-state index in [9.17, 15) is 0 Å². The lowest BCUT2D eigenvalue weighted by molar-refractivity contribution is 0.236. The average molecular weight is 168 g/mol. The molecule has 0 bridgehead atoms. The number of rotatable bonds is 3. The highest BCUT2D eigenvalue weighted by molar-refractivity contribution is 5.20. The van der Waals surface area contributed by atoms with Crippen molar-refractivity contribution in [3.05, 3.63) is 23.2 Å². The van der Waals surface area contributed by atoms with E-state index in [2.05, 4.69) is 0 Å². The molecule has 1 N–H and O–H groups in total. The third-order valence-corrected chi connectivity index (χ3v) is 2.02. The number of aliphatic hydroxyl groups excluding tert-OH is 1. The molecule has 1 aromatic rings. The lowest BCUT2D eigenvalue weighted by Gasteiger charge is -2.05. The van der Waals surface area contributed by atoms with Gasteiger partial charge in [0.25, 0.3) is 0 Å². The molecule has 0 amide bonds. The van der Waals surface area contributed by atoms with Crippen LogP contribution in [0.4, 0.5) is 0 Å². The number of hydrogen-bond acceptors (Lipinski definition) is 2. The minimum Gasteiger partial charge on any atom is -0.466 e. The Bertz CT molecular complexity index is 250. The van der Waals surface area contributed by atoms with Crippen molar-refractivity contribution in [1.29, 1.82) is 0 Å². The van der Waals surface area contributed by atoms with E-state index in [1.54, 1.807) is 0 Å². The van der Waals surface area contributed by atoms with Gasteiger partial charge in [0.05, 0.1) is 0 Å². The fraction of sp³-hybridized carbons (Fsp3) is 0.600. The molecule has 0 saturated carbocycles. The van der Waals surface area contributed by atoms with Crippen LogP contribution in [0.5, 0.6) is 0 Å². The summed E-state index contributed by atoms with van der Waals surface area (Å²) in [6.07, 6.45) is 0.902. The van der Waals surface area contributed by atoms with E-state index in [0.717, 1.165) is 17.9 Å². The maximum Gasteiger partial charge on any atom is 0.104 e. The smallest absolute Gasteiger partial charge is 0.104 e. The topological polar surface area (TPSA) is 33.4 Å². The Kier molecular flexibility index (Phi) is 2.93. The lowest BCUT2D eigenvalue weighted by atomic mass is 10.0.